The third-order valence-corrected chi connectivity index (χ3v) is 4.73. The summed E-state index contributed by atoms with van der Waals surface area (Å²) in [5.41, 5.74) is -1.02. The van der Waals surface area contributed by atoms with E-state index in [2.05, 4.69) is 0 Å². The largest absolute Gasteiger partial charge is 0.480 e. The van der Waals surface area contributed by atoms with E-state index in [0.29, 0.717) is 32.1 Å². The average Bonchev–Trinajstić information content (AvgIpc) is 2.81. The number of likely N-dealkylation sites (tertiary alicyclic amines) is 1. The predicted octanol–water partition coefficient (Wildman–Crippen LogP) is 1.51. The molecule has 0 saturated carbocycles. The highest BCUT2D eigenvalue weighted by Gasteiger charge is 2.47. The first-order valence-corrected chi connectivity index (χ1v) is 7.09. The molecule has 5 nitrogen and oxygen atoms in total. The number of carbonyl (C=O) groups is 2. The third-order valence-electron chi connectivity index (χ3n) is 4.73. The number of aliphatic carboxylic acids is 1. The lowest BCUT2D eigenvalue weighted by Gasteiger charge is -2.36. The Morgan fingerprint density at radius 3 is 2.58 bits per heavy atom. The van der Waals surface area contributed by atoms with Gasteiger partial charge in [0.25, 0.3) is 0 Å². The summed E-state index contributed by atoms with van der Waals surface area (Å²) < 4.78 is 5.32. The quantitative estimate of drug-likeness (QED) is 0.843. The molecule has 2 saturated heterocycles. The van der Waals surface area contributed by atoms with Crippen molar-refractivity contribution < 1.29 is 19.4 Å². The van der Waals surface area contributed by atoms with E-state index < -0.39 is 11.5 Å². The van der Waals surface area contributed by atoms with E-state index in [1.165, 1.54) is 0 Å². The molecular weight excluding hydrogens is 246 g/mol. The summed E-state index contributed by atoms with van der Waals surface area (Å²) in [5, 5.41) is 9.37. The van der Waals surface area contributed by atoms with E-state index >= 15 is 0 Å². The van der Waals surface area contributed by atoms with Crippen LogP contribution < -0.4 is 0 Å². The van der Waals surface area contributed by atoms with Crippen molar-refractivity contribution >= 4 is 11.9 Å². The molecule has 0 aromatic heterocycles. The Morgan fingerprint density at radius 2 is 2.00 bits per heavy atom. The van der Waals surface area contributed by atoms with Crippen LogP contribution in [0.3, 0.4) is 0 Å². The summed E-state index contributed by atoms with van der Waals surface area (Å²) in [6.45, 7) is 5.57. The van der Waals surface area contributed by atoms with Gasteiger partial charge in [-0.05, 0) is 38.5 Å². The van der Waals surface area contributed by atoms with Crippen molar-refractivity contribution in [3.05, 3.63) is 0 Å². The molecule has 1 amide bonds. The molecule has 0 spiro atoms. The highest BCUT2D eigenvalue weighted by Crippen LogP contribution is 2.33. The maximum atomic E-state index is 12.6. The molecule has 2 atom stereocenters. The Kier molecular flexibility index (Phi) is 4.13. The molecule has 0 bridgehead atoms. The Labute approximate surface area is 113 Å². The van der Waals surface area contributed by atoms with Crippen LogP contribution in [0.5, 0.6) is 0 Å². The molecule has 2 unspecified atom stereocenters. The van der Waals surface area contributed by atoms with Crippen molar-refractivity contribution in [3.8, 4) is 0 Å². The Hall–Kier alpha value is -1.10. The molecule has 2 aliphatic rings. The van der Waals surface area contributed by atoms with Gasteiger partial charge in [0.1, 0.15) is 5.54 Å². The summed E-state index contributed by atoms with van der Waals surface area (Å²) in [5.74, 6) is -0.688. The van der Waals surface area contributed by atoms with Gasteiger partial charge in [-0.15, -0.1) is 0 Å². The van der Waals surface area contributed by atoms with E-state index in [9.17, 15) is 14.7 Å². The lowest BCUT2D eigenvalue weighted by atomic mass is 9.85. The van der Waals surface area contributed by atoms with E-state index in [1.807, 2.05) is 6.92 Å². The van der Waals surface area contributed by atoms with Gasteiger partial charge in [0.05, 0.1) is 0 Å². The van der Waals surface area contributed by atoms with Gasteiger partial charge >= 0.3 is 5.97 Å². The topological polar surface area (TPSA) is 66.8 Å². The molecule has 5 heteroatoms. The number of nitrogens with zero attached hydrogens (tertiary/aromatic N) is 1. The van der Waals surface area contributed by atoms with Crippen LogP contribution in [0.25, 0.3) is 0 Å². The molecule has 2 heterocycles. The SMILES string of the molecule is CC(C(=O)N1CCCC1(C)C(=O)O)C1CCOCC1. The number of carboxylic acid groups (broad SMARTS) is 1. The first-order chi connectivity index (χ1) is 8.97. The van der Waals surface area contributed by atoms with Crippen LogP contribution in [0.4, 0.5) is 0 Å². The fourth-order valence-corrected chi connectivity index (χ4v) is 3.20. The van der Waals surface area contributed by atoms with E-state index in [0.717, 1.165) is 19.3 Å². The van der Waals surface area contributed by atoms with Crippen LogP contribution in [0.2, 0.25) is 0 Å². The summed E-state index contributed by atoms with van der Waals surface area (Å²) in [6, 6.07) is 0. The van der Waals surface area contributed by atoms with Gasteiger partial charge in [0.15, 0.2) is 0 Å². The minimum Gasteiger partial charge on any atom is -0.480 e. The lowest BCUT2D eigenvalue weighted by molar-refractivity contribution is -0.158. The second-order valence-corrected chi connectivity index (χ2v) is 5.91. The molecule has 0 aliphatic carbocycles. The van der Waals surface area contributed by atoms with Gasteiger partial charge < -0.3 is 14.7 Å². The van der Waals surface area contributed by atoms with Crippen LogP contribution in [-0.2, 0) is 14.3 Å². The van der Waals surface area contributed by atoms with Crippen LogP contribution >= 0.6 is 0 Å². The molecule has 108 valence electrons. The average molecular weight is 269 g/mol. The van der Waals surface area contributed by atoms with E-state index in [-0.39, 0.29) is 11.8 Å². The van der Waals surface area contributed by atoms with Gasteiger partial charge in [0, 0.05) is 25.7 Å². The Bertz CT molecular complexity index is 364. The zero-order chi connectivity index (χ0) is 14.0. The second-order valence-electron chi connectivity index (χ2n) is 5.91. The number of carboxylic acids is 1. The van der Waals surface area contributed by atoms with Gasteiger partial charge in [-0.2, -0.15) is 0 Å². The number of rotatable bonds is 3. The zero-order valence-electron chi connectivity index (χ0n) is 11.7. The second kappa shape index (κ2) is 5.49. The van der Waals surface area contributed by atoms with Crippen molar-refractivity contribution in [1.82, 2.24) is 4.90 Å². The molecule has 2 rings (SSSR count). The van der Waals surface area contributed by atoms with Crippen molar-refractivity contribution in [1.29, 1.82) is 0 Å². The van der Waals surface area contributed by atoms with Crippen LogP contribution in [0.1, 0.15) is 39.5 Å². The minimum absolute atomic E-state index is 0.00528. The smallest absolute Gasteiger partial charge is 0.329 e. The Balaban J connectivity index is 2.07. The fourth-order valence-electron chi connectivity index (χ4n) is 3.20. The minimum atomic E-state index is -1.02. The molecule has 0 aromatic carbocycles. The lowest BCUT2D eigenvalue weighted by Crippen LogP contribution is -2.53. The van der Waals surface area contributed by atoms with Gasteiger partial charge in [-0.3, -0.25) is 4.79 Å². The monoisotopic (exact) mass is 269 g/mol. The molecule has 0 radical (unpaired) electrons. The number of hydrogen-bond acceptors (Lipinski definition) is 3. The van der Waals surface area contributed by atoms with E-state index in [4.69, 9.17) is 4.74 Å². The Morgan fingerprint density at radius 1 is 1.37 bits per heavy atom. The number of amides is 1. The normalized spacial score (nSPS) is 30.3. The molecule has 2 fully saturated rings. The first-order valence-electron chi connectivity index (χ1n) is 7.09. The maximum absolute atomic E-state index is 12.6. The van der Waals surface area contributed by atoms with Gasteiger partial charge in [0.2, 0.25) is 5.91 Å². The zero-order valence-corrected chi connectivity index (χ0v) is 11.7. The van der Waals surface area contributed by atoms with Crippen molar-refractivity contribution in [2.45, 2.75) is 45.1 Å². The standard InChI is InChI=1S/C14H23NO4/c1-10(11-4-8-19-9-5-11)12(16)15-7-3-6-14(15,2)13(17)18/h10-11H,3-9H2,1-2H3,(H,17,18). The van der Waals surface area contributed by atoms with Crippen LogP contribution in [-0.4, -0.2) is 47.2 Å². The van der Waals surface area contributed by atoms with Crippen LogP contribution in [0.15, 0.2) is 0 Å². The number of hydrogen-bond donors (Lipinski definition) is 1. The predicted molar refractivity (Wildman–Crippen MR) is 69.7 cm³/mol. The molecule has 19 heavy (non-hydrogen) atoms. The fraction of sp³-hybridized carbons (Fsp3) is 0.857. The summed E-state index contributed by atoms with van der Waals surface area (Å²) in [7, 11) is 0. The van der Waals surface area contributed by atoms with Crippen molar-refractivity contribution in [2.75, 3.05) is 19.8 Å². The number of carbonyl (C=O) groups excluding carboxylic acids is 1. The summed E-state index contributed by atoms with van der Waals surface area (Å²) >= 11 is 0. The molecule has 1 N–H and O–H groups in total. The van der Waals surface area contributed by atoms with Crippen molar-refractivity contribution in [3.63, 3.8) is 0 Å². The summed E-state index contributed by atoms with van der Waals surface area (Å²) in [6.07, 6.45) is 3.11. The first kappa shape index (κ1) is 14.3. The number of ether oxygens (including phenoxy) is 1. The highest BCUT2D eigenvalue weighted by molar-refractivity contribution is 5.88. The maximum Gasteiger partial charge on any atom is 0.329 e. The summed E-state index contributed by atoms with van der Waals surface area (Å²) in [4.78, 5) is 25.6. The third kappa shape index (κ3) is 2.61. The van der Waals surface area contributed by atoms with Crippen molar-refractivity contribution in [2.24, 2.45) is 11.8 Å². The molecule has 0 aromatic rings. The van der Waals surface area contributed by atoms with Crippen LogP contribution in [0, 0.1) is 11.8 Å². The van der Waals surface area contributed by atoms with Gasteiger partial charge in [-0.1, -0.05) is 6.92 Å². The van der Waals surface area contributed by atoms with Gasteiger partial charge in [-0.25, -0.2) is 4.79 Å². The molecular formula is C14H23NO4. The highest BCUT2D eigenvalue weighted by atomic mass is 16.5. The molecule has 2 aliphatic heterocycles. The van der Waals surface area contributed by atoms with E-state index in [1.54, 1.807) is 11.8 Å².